The van der Waals surface area contributed by atoms with E-state index in [2.05, 4.69) is 0 Å². The summed E-state index contributed by atoms with van der Waals surface area (Å²) < 4.78 is 0. The molecule has 0 aromatic rings. The van der Waals surface area contributed by atoms with Crippen LogP contribution in [0.3, 0.4) is 0 Å². The first kappa shape index (κ1) is 6.05. The van der Waals surface area contributed by atoms with Crippen LogP contribution in [0.5, 0.6) is 0 Å². The fourth-order valence-electron chi connectivity index (χ4n) is 1.12. The summed E-state index contributed by atoms with van der Waals surface area (Å²) >= 11 is 0. The van der Waals surface area contributed by atoms with Gasteiger partial charge in [-0.25, -0.2) is 0 Å². The van der Waals surface area contributed by atoms with E-state index in [1.54, 1.807) is 0 Å². The van der Waals surface area contributed by atoms with Crippen LogP contribution in [-0.2, 0) is 0 Å². The second kappa shape index (κ2) is 2.03. The molecule has 0 saturated heterocycles. The third-order valence-electron chi connectivity index (χ3n) is 1.95. The molecule has 2 heteroatoms. The lowest BCUT2D eigenvalue weighted by Gasteiger charge is -2.37. The largest absolute Gasteiger partial charge is 0.390 e. The zero-order valence-corrected chi connectivity index (χ0v) is 5.04. The molecule has 0 bridgehead atoms. The van der Waals surface area contributed by atoms with E-state index in [-0.39, 0.29) is 0 Å². The van der Waals surface area contributed by atoms with Crippen LogP contribution in [0.1, 0.15) is 19.8 Å². The third-order valence-corrected chi connectivity index (χ3v) is 1.95. The molecule has 0 radical (unpaired) electrons. The van der Waals surface area contributed by atoms with Crippen LogP contribution < -0.4 is 0 Å². The van der Waals surface area contributed by atoms with Crippen molar-refractivity contribution in [2.45, 2.75) is 32.0 Å². The van der Waals surface area contributed by atoms with Gasteiger partial charge in [0.05, 0.1) is 12.2 Å². The number of hydrogen-bond donors (Lipinski definition) is 2. The van der Waals surface area contributed by atoms with Crippen LogP contribution >= 0.6 is 0 Å². The van der Waals surface area contributed by atoms with Gasteiger partial charge in [-0.15, -0.1) is 0 Å². The quantitative estimate of drug-likeness (QED) is 0.511. The summed E-state index contributed by atoms with van der Waals surface area (Å²) in [6, 6.07) is 0. The summed E-state index contributed by atoms with van der Waals surface area (Å²) in [6.07, 6.45) is 0.913. The molecule has 0 heterocycles. The lowest BCUT2D eigenvalue weighted by molar-refractivity contribution is -0.102. The van der Waals surface area contributed by atoms with E-state index >= 15 is 0 Å². The van der Waals surface area contributed by atoms with Gasteiger partial charge in [0.2, 0.25) is 0 Å². The number of aliphatic hydroxyl groups is 2. The summed E-state index contributed by atoms with van der Waals surface area (Å²) in [5.41, 5.74) is 0. The van der Waals surface area contributed by atoms with Crippen molar-refractivity contribution in [2.24, 2.45) is 5.92 Å². The van der Waals surface area contributed by atoms with Gasteiger partial charge in [-0.2, -0.15) is 0 Å². The molecule has 0 spiro atoms. The predicted octanol–water partition coefficient (Wildman–Crippen LogP) is 0.138. The molecule has 2 N–H and O–H groups in total. The average molecular weight is 116 g/mol. The summed E-state index contributed by atoms with van der Waals surface area (Å²) in [5.74, 6) is 0.366. The van der Waals surface area contributed by atoms with Crippen molar-refractivity contribution >= 4 is 0 Å². The average Bonchev–Trinajstić information content (AvgIpc) is 1.81. The zero-order valence-electron chi connectivity index (χ0n) is 5.04. The van der Waals surface area contributed by atoms with Crippen LogP contribution in [0.25, 0.3) is 0 Å². The Bertz CT molecular complexity index is 82.6. The molecular weight excluding hydrogens is 104 g/mol. The van der Waals surface area contributed by atoms with Crippen LogP contribution in [0.15, 0.2) is 0 Å². The maximum Gasteiger partial charge on any atom is 0.0828 e. The van der Waals surface area contributed by atoms with Gasteiger partial charge in [0.15, 0.2) is 0 Å². The van der Waals surface area contributed by atoms with Gasteiger partial charge in [-0.1, -0.05) is 13.3 Å². The molecule has 3 atom stereocenters. The van der Waals surface area contributed by atoms with Crippen LogP contribution in [0.4, 0.5) is 0 Å². The summed E-state index contributed by atoms with van der Waals surface area (Å²) in [7, 11) is 0. The Morgan fingerprint density at radius 1 is 1.50 bits per heavy atom. The van der Waals surface area contributed by atoms with Gasteiger partial charge >= 0.3 is 0 Å². The van der Waals surface area contributed by atoms with Gasteiger partial charge < -0.3 is 10.2 Å². The molecule has 1 fully saturated rings. The number of rotatable bonds is 1. The lowest BCUT2D eigenvalue weighted by atomic mass is 9.77. The Hall–Kier alpha value is -0.0800. The minimum absolute atomic E-state index is 0.366. The Kier molecular flexibility index (Phi) is 1.54. The summed E-state index contributed by atoms with van der Waals surface area (Å²) in [5, 5.41) is 17.7. The molecule has 8 heavy (non-hydrogen) atoms. The Labute approximate surface area is 49.1 Å². The van der Waals surface area contributed by atoms with Gasteiger partial charge in [-0.05, 0) is 12.3 Å². The highest BCUT2D eigenvalue weighted by Crippen LogP contribution is 2.29. The van der Waals surface area contributed by atoms with Gasteiger partial charge in [0.25, 0.3) is 0 Å². The molecule has 48 valence electrons. The maximum atomic E-state index is 8.93. The zero-order chi connectivity index (χ0) is 6.15. The minimum atomic E-state index is -0.431. The van der Waals surface area contributed by atoms with Crippen molar-refractivity contribution in [3.05, 3.63) is 0 Å². The first-order chi connectivity index (χ1) is 3.75. The highest BCUT2D eigenvalue weighted by atomic mass is 16.3. The maximum absolute atomic E-state index is 8.93. The molecule has 0 amide bonds. The van der Waals surface area contributed by atoms with E-state index in [1.807, 2.05) is 6.92 Å². The first-order valence-electron chi connectivity index (χ1n) is 3.11. The van der Waals surface area contributed by atoms with Gasteiger partial charge in [0.1, 0.15) is 0 Å². The van der Waals surface area contributed by atoms with Crippen molar-refractivity contribution in [3.63, 3.8) is 0 Å². The molecule has 1 aliphatic carbocycles. The second-order valence-electron chi connectivity index (χ2n) is 2.46. The highest BCUT2D eigenvalue weighted by molar-refractivity contribution is 4.87. The van der Waals surface area contributed by atoms with Crippen molar-refractivity contribution < 1.29 is 10.2 Å². The second-order valence-corrected chi connectivity index (χ2v) is 2.46. The van der Waals surface area contributed by atoms with E-state index in [1.165, 1.54) is 0 Å². The monoisotopic (exact) mass is 116 g/mol. The molecule has 1 aliphatic rings. The fraction of sp³-hybridized carbons (Fsp3) is 1.00. The molecular formula is C6H12O2. The molecule has 0 aromatic heterocycles. The van der Waals surface area contributed by atoms with Crippen molar-refractivity contribution in [1.82, 2.24) is 0 Å². The molecule has 0 aromatic carbocycles. The summed E-state index contributed by atoms with van der Waals surface area (Å²) in [6.45, 7) is 2.03. The molecule has 1 rings (SSSR count). The van der Waals surface area contributed by atoms with Crippen molar-refractivity contribution in [1.29, 1.82) is 0 Å². The van der Waals surface area contributed by atoms with Crippen molar-refractivity contribution in [3.8, 4) is 0 Å². The topological polar surface area (TPSA) is 40.5 Å². The normalized spacial score (nSPS) is 46.1. The third kappa shape index (κ3) is 0.740. The van der Waals surface area contributed by atoms with E-state index in [0.717, 1.165) is 12.8 Å². The van der Waals surface area contributed by atoms with Crippen LogP contribution in [0, 0.1) is 5.92 Å². The molecule has 0 aliphatic heterocycles. The Balaban J connectivity index is 2.25. The highest BCUT2D eigenvalue weighted by Gasteiger charge is 2.36. The Morgan fingerprint density at radius 2 is 2.12 bits per heavy atom. The van der Waals surface area contributed by atoms with E-state index < -0.39 is 12.2 Å². The van der Waals surface area contributed by atoms with Crippen LogP contribution in [0.2, 0.25) is 0 Å². The molecule has 1 saturated carbocycles. The summed E-state index contributed by atoms with van der Waals surface area (Å²) in [4.78, 5) is 0. The first-order valence-corrected chi connectivity index (χ1v) is 3.11. The lowest BCUT2D eigenvalue weighted by Crippen LogP contribution is -2.45. The number of aliphatic hydroxyl groups excluding tert-OH is 2. The fourth-order valence-corrected chi connectivity index (χ4v) is 1.12. The molecule has 3 unspecified atom stereocenters. The van der Waals surface area contributed by atoms with E-state index in [9.17, 15) is 0 Å². The van der Waals surface area contributed by atoms with E-state index in [4.69, 9.17) is 10.2 Å². The minimum Gasteiger partial charge on any atom is -0.390 e. The molecule has 2 nitrogen and oxygen atoms in total. The van der Waals surface area contributed by atoms with Crippen LogP contribution in [-0.4, -0.2) is 22.4 Å². The Morgan fingerprint density at radius 3 is 2.25 bits per heavy atom. The van der Waals surface area contributed by atoms with E-state index in [0.29, 0.717) is 5.92 Å². The number of hydrogen-bond acceptors (Lipinski definition) is 2. The smallest absolute Gasteiger partial charge is 0.0828 e. The SMILES string of the molecule is CCC1CC(O)C1O. The van der Waals surface area contributed by atoms with Crippen molar-refractivity contribution in [2.75, 3.05) is 0 Å². The standard InChI is InChI=1S/C6H12O2/c1-2-4-3-5(7)6(4)8/h4-8H,2-3H2,1H3. The van der Waals surface area contributed by atoms with Gasteiger partial charge in [0, 0.05) is 0 Å². The predicted molar refractivity (Wildman–Crippen MR) is 30.4 cm³/mol. The van der Waals surface area contributed by atoms with Gasteiger partial charge in [-0.3, -0.25) is 0 Å².